The van der Waals surface area contributed by atoms with Crippen molar-refractivity contribution >= 4 is 45.9 Å². The van der Waals surface area contributed by atoms with E-state index in [1.54, 1.807) is 0 Å². The predicted octanol–water partition coefficient (Wildman–Crippen LogP) is 7.33. The summed E-state index contributed by atoms with van der Waals surface area (Å²) in [6.07, 6.45) is 7.10. The van der Waals surface area contributed by atoms with Crippen molar-refractivity contribution in [3.63, 3.8) is 0 Å². The number of hydrogen-bond donors (Lipinski definition) is 0. The normalized spacial score (nSPS) is 17.8. The van der Waals surface area contributed by atoms with E-state index < -0.39 is 0 Å². The number of para-hydroxylation sites is 1. The average molecular weight is 440 g/mol. The molecule has 0 unspecified atom stereocenters. The Morgan fingerprint density at radius 1 is 0.765 bits per heavy atom. The molecular weight excluding hydrogens is 411 g/mol. The van der Waals surface area contributed by atoms with Gasteiger partial charge in [0.15, 0.2) is 0 Å². The molecular formula is C31H29BN2. The second kappa shape index (κ2) is 6.85. The molecule has 166 valence electrons. The maximum Gasteiger partial charge on any atom is 0.115 e. The third kappa shape index (κ3) is 2.73. The molecule has 3 aromatic carbocycles. The minimum absolute atomic E-state index is 0.266. The molecule has 1 aliphatic rings. The minimum Gasteiger partial charge on any atom is -0.308 e. The Labute approximate surface area is 201 Å². The maximum atomic E-state index is 4.83. The van der Waals surface area contributed by atoms with Gasteiger partial charge >= 0.3 is 0 Å². The minimum atomic E-state index is 0.266. The zero-order chi connectivity index (χ0) is 23.1. The standard InChI is InChI=1S/C31H29BN2/c1-30(2)14-16-31(32,17-15-30)21-11-12-25-24(19-21)22-9-6-10-23-27-26(34(25)29(22)23)13-18-33-28(27)20-7-4-3-5-8-20/h3-13,18-19H,14-17,32H2,1-2H3. The highest BCUT2D eigenvalue weighted by Gasteiger charge is 2.36. The van der Waals surface area contributed by atoms with E-state index in [1.807, 2.05) is 6.20 Å². The molecule has 0 aliphatic heterocycles. The van der Waals surface area contributed by atoms with Crippen molar-refractivity contribution in [1.29, 1.82) is 0 Å². The fourth-order valence-electron chi connectivity index (χ4n) is 6.38. The molecule has 0 saturated heterocycles. The summed E-state index contributed by atoms with van der Waals surface area (Å²) in [5, 5.41) is 5.54. The molecule has 6 aromatic rings. The molecule has 0 radical (unpaired) electrons. The highest BCUT2D eigenvalue weighted by atomic mass is 14.9. The molecule has 2 nitrogen and oxygen atoms in total. The number of hydrogen-bond acceptors (Lipinski definition) is 1. The maximum absolute atomic E-state index is 4.83. The van der Waals surface area contributed by atoms with Gasteiger partial charge in [0.25, 0.3) is 0 Å². The second-order valence-electron chi connectivity index (χ2n) is 11.4. The molecule has 3 heteroatoms. The average Bonchev–Trinajstić information content (AvgIpc) is 3.38. The van der Waals surface area contributed by atoms with Crippen LogP contribution < -0.4 is 0 Å². The van der Waals surface area contributed by atoms with Gasteiger partial charge in [0.1, 0.15) is 7.85 Å². The van der Waals surface area contributed by atoms with Gasteiger partial charge in [0.2, 0.25) is 0 Å². The van der Waals surface area contributed by atoms with Crippen LogP contribution in [0.1, 0.15) is 45.1 Å². The van der Waals surface area contributed by atoms with Gasteiger partial charge in [-0.1, -0.05) is 81.3 Å². The summed E-state index contributed by atoms with van der Waals surface area (Å²) in [5.74, 6) is 0. The van der Waals surface area contributed by atoms with Crippen molar-refractivity contribution in [2.24, 2.45) is 5.41 Å². The molecule has 0 spiro atoms. The number of benzene rings is 3. The van der Waals surface area contributed by atoms with Crippen LogP contribution in [-0.4, -0.2) is 17.2 Å². The molecule has 1 aliphatic carbocycles. The Kier molecular flexibility index (Phi) is 4.05. The van der Waals surface area contributed by atoms with Gasteiger partial charge in [-0.05, 0) is 47.3 Å². The van der Waals surface area contributed by atoms with Crippen LogP contribution in [0.3, 0.4) is 0 Å². The molecule has 0 bridgehead atoms. The van der Waals surface area contributed by atoms with Gasteiger partial charge in [0.05, 0.1) is 22.2 Å². The lowest BCUT2D eigenvalue weighted by Gasteiger charge is -2.42. The predicted molar refractivity (Wildman–Crippen MR) is 147 cm³/mol. The largest absolute Gasteiger partial charge is 0.308 e. The monoisotopic (exact) mass is 440 g/mol. The lowest BCUT2D eigenvalue weighted by atomic mass is 9.53. The van der Waals surface area contributed by atoms with Gasteiger partial charge in [0, 0.05) is 33.3 Å². The van der Waals surface area contributed by atoms with E-state index in [0.717, 1.165) is 5.69 Å². The lowest BCUT2D eigenvalue weighted by Crippen LogP contribution is -2.35. The van der Waals surface area contributed by atoms with Crippen LogP contribution in [0.2, 0.25) is 0 Å². The first-order chi connectivity index (χ1) is 16.5. The van der Waals surface area contributed by atoms with E-state index in [0.29, 0.717) is 5.41 Å². The Hall–Kier alpha value is -3.33. The summed E-state index contributed by atoms with van der Waals surface area (Å²) < 4.78 is 2.47. The molecule has 0 N–H and O–H groups in total. The van der Waals surface area contributed by atoms with Crippen molar-refractivity contribution in [1.82, 2.24) is 9.38 Å². The molecule has 0 atom stereocenters. The summed E-state index contributed by atoms with van der Waals surface area (Å²) in [5.41, 5.74) is 8.08. The van der Waals surface area contributed by atoms with Crippen LogP contribution in [0.15, 0.2) is 79.0 Å². The highest BCUT2D eigenvalue weighted by Crippen LogP contribution is 2.47. The van der Waals surface area contributed by atoms with E-state index in [-0.39, 0.29) is 5.31 Å². The SMILES string of the molecule is BC1(c2ccc3c(c2)c2cccc4c5c(-c6ccccc6)nccc5n3c24)CCC(C)(C)CC1. The number of fused-ring (bicyclic) bond motifs is 6. The van der Waals surface area contributed by atoms with Crippen LogP contribution in [0.5, 0.6) is 0 Å². The molecule has 3 heterocycles. The van der Waals surface area contributed by atoms with Crippen LogP contribution in [0.4, 0.5) is 0 Å². The fourth-order valence-corrected chi connectivity index (χ4v) is 6.38. The second-order valence-corrected chi connectivity index (χ2v) is 11.4. The van der Waals surface area contributed by atoms with Gasteiger partial charge in [-0.3, -0.25) is 4.98 Å². The topological polar surface area (TPSA) is 17.3 Å². The fraction of sp³-hybridized carbons (Fsp3) is 0.258. The van der Waals surface area contributed by atoms with Crippen LogP contribution >= 0.6 is 0 Å². The number of rotatable bonds is 2. The van der Waals surface area contributed by atoms with Crippen molar-refractivity contribution < 1.29 is 0 Å². The van der Waals surface area contributed by atoms with E-state index in [2.05, 4.69) is 98.9 Å². The van der Waals surface area contributed by atoms with Gasteiger partial charge in [-0.2, -0.15) is 0 Å². The summed E-state index contributed by atoms with van der Waals surface area (Å²) in [4.78, 5) is 4.83. The molecule has 7 rings (SSSR count). The van der Waals surface area contributed by atoms with Gasteiger partial charge < -0.3 is 4.40 Å². The van der Waals surface area contributed by atoms with Crippen molar-refractivity contribution in [3.05, 3.63) is 84.6 Å². The molecule has 1 fully saturated rings. The van der Waals surface area contributed by atoms with Crippen LogP contribution in [-0.2, 0) is 5.31 Å². The van der Waals surface area contributed by atoms with Crippen molar-refractivity contribution in [2.75, 3.05) is 0 Å². The van der Waals surface area contributed by atoms with Crippen LogP contribution in [0.25, 0.3) is 49.4 Å². The van der Waals surface area contributed by atoms with E-state index in [9.17, 15) is 0 Å². The summed E-state index contributed by atoms with van der Waals surface area (Å²) in [6, 6.07) is 26.8. The number of pyridine rings is 1. The Balaban J connectivity index is 1.50. The third-order valence-electron chi connectivity index (χ3n) is 8.68. The molecule has 34 heavy (non-hydrogen) atoms. The first kappa shape index (κ1) is 20.1. The van der Waals surface area contributed by atoms with Gasteiger partial charge in [-0.15, -0.1) is 0 Å². The molecule has 0 amide bonds. The van der Waals surface area contributed by atoms with Crippen molar-refractivity contribution in [3.8, 4) is 11.3 Å². The summed E-state index contributed by atoms with van der Waals surface area (Å²) in [6.45, 7) is 4.85. The van der Waals surface area contributed by atoms with Gasteiger partial charge in [-0.25, -0.2) is 0 Å². The number of nitrogens with zero attached hydrogens (tertiary/aromatic N) is 2. The van der Waals surface area contributed by atoms with E-state index >= 15 is 0 Å². The smallest absolute Gasteiger partial charge is 0.115 e. The highest BCUT2D eigenvalue weighted by molar-refractivity contribution is 6.25. The van der Waals surface area contributed by atoms with E-state index in [1.165, 1.54) is 74.9 Å². The van der Waals surface area contributed by atoms with Crippen molar-refractivity contribution in [2.45, 2.75) is 44.8 Å². The van der Waals surface area contributed by atoms with E-state index in [4.69, 9.17) is 4.98 Å². The summed E-state index contributed by atoms with van der Waals surface area (Å²) in [7, 11) is 2.48. The first-order valence-electron chi connectivity index (χ1n) is 12.6. The quantitative estimate of drug-likeness (QED) is 0.258. The molecule has 1 saturated carbocycles. The third-order valence-corrected chi connectivity index (χ3v) is 8.68. The Morgan fingerprint density at radius 2 is 1.53 bits per heavy atom. The molecule has 3 aromatic heterocycles. The van der Waals surface area contributed by atoms with Crippen LogP contribution in [0, 0.1) is 5.41 Å². The Morgan fingerprint density at radius 3 is 2.32 bits per heavy atom. The summed E-state index contributed by atoms with van der Waals surface area (Å²) >= 11 is 0. The number of aromatic nitrogens is 2. The zero-order valence-corrected chi connectivity index (χ0v) is 20.2. The zero-order valence-electron chi connectivity index (χ0n) is 20.2. The Bertz CT molecular complexity index is 1680. The lowest BCUT2D eigenvalue weighted by molar-refractivity contribution is 0.206. The first-order valence-corrected chi connectivity index (χ1v) is 12.6.